The quantitative estimate of drug-likeness (QED) is 0.590. The Hall–Kier alpha value is -2.69. The molecule has 0 aromatic carbocycles. The van der Waals surface area contributed by atoms with E-state index in [-0.39, 0.29) is 11.7 Å². The molecule has 0 N–H and O–H groups in total. The monoisotopic (exact) mass is 461 g/mol. The number of aromatic nitrogens is 5. The molecule has 2 saturated heterocycles. The zero-order chi connectivity index (χ0) is 22.3. The second-order valence-corrected chi connectivity index (χ2v) is 11.2. The molecule has 32 heavy (non-hydrogen) atoms. The smallest absolute Gasteiger partial charge is 0.282 e. The summed E-state index contributed by atoms with van der Waals surface area (Å²) in [5.41, 5.74) is 1.22. The first-order valence-corrected chi connectivity index (χ1v) is 12.7. The lowest BCUT2D eigenvalue weighted by Gasteiger charge is -2.35. The van der Waals surface area contributed by atoms with Gasteiger partial charge in [0.2, 0.25) is 0 Å². The molecular weight excluding hydrogens is 436 g/mol. The summed E-state index contributed by atoms with van der Waals surface area (Å²) in [6, 6.07) is 4.62. The Kier molecular flexibility index (Phi) is 5.52. The molecule has 0 aliphatic carbocycles. The van der Waals surface area contributed by atoms with Crippen molar-refractivity contribution in [2.24, 2.45) is 10.3 Å². The van der Waals surface area contributed by atoms with Gasteiger partial charge in [-0.05, 0) is 37.3 Å². The van der Waals surface area contributed by atoms with Crippen molar-refractivity contribution >= 4 is 21.2 Å². The molecule has 5 rings (SSSR count). The topological polar surface area (TPSA) is 88.6 Å². The van der Waals surface area contributed by atoms with Crippen LogP contribution >= 0.6 is 0 Å². The van der Waals surface area contributed by atoms with E-state index < -0.39 is 16.2 Å². The maximum Gasteiger partial charge on any atom is 0.282 e. The van der Waals surface area contributed by atoms with E-state index >= 15 is 0 Å². The van der Waals surface area contributed by atoms with Gasteiger partial charge in [0.25, 0.3) is 6.43 Å². The van der Waals surface area contributed by atoms with Crippen LogP contribution in [0.15, 0.2) is 35.1 Å². The maximum atomic E-state index is 13.1. The van der Waals surface area contributed by atoms with Gasteiger partial charge in [-0.2, -0.15) is 5.10 Å². The van der Waals surface area contributed by atoms with Crippen molar-refractivity contribution in [1.29, 1.82) is 0 Å². The molecule has 11 heteroatoms. The molecule has 2 aliphatic heterocycles. The van der Waals surface area contributed by atoms with Crippen molar-refractivity contribution < 1.29 is 13.0 Å². The van der Waals surface area contributed by atoms with Gasteiger partial charge in [-0.25, -0.2) is 36.8 Å². The highest BCUT2D eigenvalue weighted by Crippen LogP contribution is 2.28. The second kappa shape index (κ2) is 8.34. The molecule has 0 saturated carbocycles. The molecule has 0 bridgehead atoms. The number of alkyl halides is 2. The molecule has 5 heterocycles. The van der Waals surface area contributed by atoms with Crippen LogP contribution in [-0.2, 0) is 9.73 Å². The lowest BCUT2D eigenvalue weighted by molar-refractivity contribution is 0.144. The summed E-state index contributed by atoms with van der Waals surface area (Å²) in [4.78, 5) is 15.2. The van der Waals surface area contributed by atoms with Gasteiger partial charge in [0.15, 0.2) is 5.65 Å². The summed E-state index contributed by atoms with van der Waals surface area (Å²) in [5.74, 6) is 2.52. The minimum Gasteiger partial charge on any atom is -0.354 e. The van der Waals surface area contributed by atoms with Crippen molar-refractivity contribution in [3.05, 3.63) is 36.4 Å². The van der Waals surface area contributed by atoms with Crippen LogP contribution in [0.1, 0.15) is 38.3 Å². The van der Waals surface area contributed by atoms with Gasteiger partial charge in [-0.15, -0.1) is 0 Å². The fourth-order valence-corrected chi connectivity index (χ4v) is 6.98. The Bertz CT molecular complexity index is 1240. The number of piperidine rings is 1. The van der Waals surface area contributed by atoms with Gasteiger partial charge in [0.05, 0.1) is 17.9 Å². The zero-order valence-corrected chi connectivity index (χ0v) is 18.6. The Labute approximate surface area is 185 Å². The largest absolute Gasteiger partial charge is 0.354 e. The SMILES string of the molecule is CC1CC(N=S2(=O)CCCC2)CN(c2cc(-c3cnc4ccc(C(F)F)nn34)ncn2)C1. The van der Waals surface area contributed by atoms with Crippen molar-refractivity contribution in [1.82, 2.24) is 24.6 Å². The zero-order valence-electron chi connectivity index (χ0n) is 17.8. The summed E-state index contributed by atoms with van der Waals surface area (Å²) in [7, 11) is -2.08. The Morgan fingerprint density at radius 3 is 2.75 bits per heavy atom. The number of hydrogen-bond acceptors (Lipinski definition) is 7. The first-order valence-electron chi connectivity index (χ1n) is 10.8. The van der Waals surface area contributed by atoms with Gasteiger partial charge in [0.1, 0.15) is 23.5 Å². The van der Waals surface area contributed by atoms with Gasteiger partial charge in [-0.1, -0.05) is 6.92 Å². The fourth-order valence-electron chi connectivity index (χ4n) is 4.56. The van der Waals surface area contributed by atoms with E-state index in [0.29, 0.717) is 41.0 Å². The van der Waals surface area contributed by atoms with E-state index in [1.807, 2.05) is 6.07 Å². The summed E-state index contributed by atoms with van der Waals surface area (Å²) in [6.07, 6.45) is 3.26. The number of fused-ring (bicyclic) bond motifs is 1. The average Bonchev–Trinajstić information content (AvgIpc) is 3.39. The summed E-state index contributed by atoms with van der Waals surface area (Å²) in [5, 5.41) is 4.03. The highest BCUT2D eigenvalue weighted by molar-refractivity contribution is 7.93. The Balaban J connectivity index is 1.46. The molecule has 0 spiro atoms. The standard InChI is InChI=1S/C21H25F2N7OS/c1-14-8-15(28-32(31)6-2-3-7-32)12-29(11-14)20-9-17(25-13-26-20)18-10-24-19-5-4-16(21(22)23)27-30(18)19/h4-5,9-10,13-15,21H,2-3,6-8,11-12H2,1H3. The van der Waals surface area contributed by atoms with Gasteiger partial charge in [0, 0.05) is 40.4 Å². The van der Waals surface area contributed by atoms with Crippen LogP contribution in [0.2, 0.25) is 0 Å². The van der Waals surface area contributed by atoms with Crippen LogP contribution in [0, 0.1) is 5.92 Å². The predicted octanol–water partition coefficient (Wildman–Crippen LogP) is 3.60. The Morgan fingerprint density at radius 1 is 1.16 bits per heavy atom. The molecule has 2 aliphatic rings. The third-order valence-electron chi connectivity index (χ3n) is 6.00. The summed E-state index contributed by atoms with van der Waals surface area (Å²) >= 11 is 0. The predicted molar refractivity (Wildman–Crippen MR) is 118 cm³/mol. The van der Waals surface area contributed by atoms with Crippen LogP contribution in [0.25, 0.3) is 17.0 Å². The number of rotatable bonds is 4. The van der Waals surface area contributed by atoms with E-state index in [0.717, 1.165) is 31.6 Å². The van der Waals surface area contributed by atoms with E-state index in [4.69, 9.17) is 4.36 Å². The summed E-state index contributed by atoms with van der Waals surface area (Å²) in [6.45, 7) is 3.63. The van der Waals surface area contributed by atoms with Crippen molar-refractivity contribution in [3.8, 4) is 11.4 Å². The van der Waals surface area contributed by atoms with E-state index in [1.165, 1.54) is 23.0 Å². The first kappa shape index (κ1) is 21.2. The van der Waals surface area contributed by atoms with Crippen LogP contribution in [0.3, 0.4) is 0 Å². The molecule has 3 aromatic heterocycles. The van der Waals surface area contributed by atoms with Gasteiger partial charge in [-0.3, -0.25) is 0 Å². The van der Waals surface area contributed by atoms with Crippen molar-refractivity contribution in [2.45, 2.75) is 38.7 Å². The molecule has 3 aromatic rings. The minimum atomic E-state index is -2.67. The lowest BCUT2D eigenvalue weighted by atomic mass is 9.96. The number of anilines is 1. The lowest BCUT2D eigenvalue weighted by Crippen LogP contribution is -2.42. The number of imidazole rings is 1. The van der Waals surface area contributed by atoms with Crippen LogP contribution < -0.4 is 4.90 Å². The van der Waals surface area contributed by atoms with Gasteiger partial charge < -0.3 is 4.90 Å². The molecule has 8 nitrogen and oxygen atoms in total. The van der Waals surface area contributed by atoms with Crippen LogP contribution in [-0.4, -0.2) is 59.4 Å². The first-order chi connectivity index (χ1) is 15.4. The minimum absolute atomic E-state index is 0.00818. The van der Waals surface area contributed by atoms with Crippen molar-refractivity contribution in [2.75, 3.05) is 29.5 Å². The van der Waals surface area contributed by atoms with Crippen LogP contribution in [0.4, 0.5) is 14.6 Å². The highest BCUT2D eigenvalue weighted by atomic mass is 32.2. The van der Waals surface area contributed by atoms with Crippen molar-refractivity contribution in [3.63, 3.8) is 0 Å². The van der Waals surface area contributed by atoms with Crippen LogP contribution in [0.5, 0.6) is 0 Å². The Morgan fingerprint density at radius 2 is 1.97 bits per heavy atom. The highest BCUT2D eigenvalue weighted by Gasteiger charge is 2.28. The third-order valence-corrected chi connectivity index (χ3v) is 8.54. The molecule has 170 valence electrons. The number of nitrogens with zero attached hydrogens (tertiary/aromatic N) is 7. The molecule has 2 fully saturated rings. The molecule has 0 amide bonds. The average molecular weight is 462 g/mol. The normalized spacial score (nSPS) is 23.2. The number of hydrogen-bond donors (Lipinski definition) is 0. The maximum absolute atomic E-state index is 13.1. The number of halogens is 2. The van der Waals surface area contributed by atoms with E-state index in [9.17, 15) is 13.0 Å². The molecule has 2 unspecified atom stereocenters. The van der Waals surface area contributed by atoms with E-state index in [2.05, 4.69) is 31.9 Å². The fraction of sp³-hybridized carbons (Fsp3) is 0.524. The third kappa shape index (κ3) is 4.17. The summed E-state index contributed by atoms with van der Waals surface area (Å²) < 4.78 is 45.4. The molecular formula is C21H25F2N7OS. The van der Waals surface area contributed by atoms with E-state index in [1.54, 1.807) is 6.20 Å². The molecule has 0 radical (unpaired) electrons. The van der Waals surface area contributed by atoms with Gasteiger partial charge >= 0.3 is 0 Å². The molecule has 2 atom stereocenters. The second-order valence-electron chi connectivity index (χ2n) is 8.63.